The fraction of sp³-hybridized carbons (Fsp3) is 0.733. The van der Waals surface area contributed by atoms with Gasteiger partial charge in [-0.25, -0.2) is 0 Å². The highest BCUT2D eigenvalue weighted by Crippen LogP contribution is 2.23. The molecule has 0 aliphatic carbocycles. The first-order chi connectivity index (χ1) is 10.9. The molecule has 2 aromatic heterocycles. The average molecular weight is 301 g/mol. The van der Waals surface area contributed by atoms with Gasteiger partial charge in [0.1, 0.15) is 0 Å². The van der Waals surface area contributed by atoms with Gasteiger partial charge in [0.2, 0.25) is 0 Å². The molecule has 0 bridgehead atoms. The number of hydrogen-bond donors (Lipinski definition) is 0. The van der Waals surface area contributed by atoms with Gasteiger partial charge in [0.05, 0.1) is 0 Å². The topological polar surface area (TPSA) is 62.5 Å². The molecule has 2 aliphatic heterocycles. The van der Waals surface area contributed by atoms with Crippen LogP contribution < -0.4 is 4.90 Å². The Hall–Kier alpha value is -1.76. The summed E-state index contributed by atoms with van der Waals surface area (Å²) in [6.45, 7) is 4.67. The van der Waals surface area contributed by atoms with Gasteiger partial charge >= 0.3 is 0 Å². The van der Waals surface area contributed by atoms with E-state index in [0.717, 1.165) is 18.9 Å². The molecule has 118 valence electrons. The monoisotopic (exact) mass is 301 g/mol. The third-order valence-electron chi connectivity index (χ3n) is 4.93. The summed E-state index contributed by atoms with van der Waals surface area (Å²) in [5, 5.41) is 16.0. The van der Waals surface area contributed by atoms with Gasteiger partial charge in [-0.3, -0.25) is 4.90 Å². The van der Waals surface area contributed by atoms with Gasteiger partial charge in [0.25, 0.3) is 0 Å². The molecule has 2 fully saturated rings. The van der Waals surface area contributed by atoms with Crippen molar-refractivity contribution in [3.8, 4) is 0 Å². The zero-order valence-corrected chi connectivity index (χ0v) is 12.9. The van der Waals surface area contributed by atoms with Crippen LogP contribution in [-0.2, 0) is 0 Å². The van der Waals surface area contributed by atoms with Gasteiger partial charge in [-0.1, -0.05) is 12.8 Å². The summed E-state index contributed by atoms with van der Waals surface area (Å²) in [7, 11) is 0. The Labute approximate surface area is 130 Å². The van der Waals surface area contributed by atoms with Crippen molar-refractivity contribution in [2.45, 2.75) is 44.6 Å². The van der Waals surface area contributed by atoms with Gasteiger partial charge in [0, 0.05) is 19.1 Å². The van der Waals surface area contributed by atoms with E-state index in [9.17, 15) is 0 Å². The number of likely N-dealkylation sites (tertiary alicyclic amines) is 1. The second-order valence-electron chi connectivity index (χ2n) is 6.41. The van der Waals surface area contributed by atoms with Crippen LogP contribution in [0, 0.1) is 0 Å². The fourth-order valence-corrected chi connectivity index (χ4v) is 3.73. The first kappa shape index (κ1) is 13.9. The Morgan fingerprint density at radius 3 is 2.68 bits per heavy atom. The van der Waals surface area contributed by atoms with Crippen molar-refractivity contribution < 1.29 is 0 Å². The van der Waals surface area contributed by atoms with Crippen molar-refractivity contribution in [1.29, 1.82) is 0 Å². The lowest BCUT2D eigenvalue weighted by atomic mass is 10.0. The molecule has 0 radical (unpaired) electrons. The van der Waals surface area contributed by atoms with Gasteiger partial charge in [0.15, 0.2) is 11.5 Å². The van der Waals surface area contributed by atoms with Crippen LogP contribution in [-0.4, -0.2) is 62.4 Å². The largest absolute Gasteiger partial charge is 0.354 e. The molecule has 1 unspecified atom stereocenters. The van der Waals surface area contributed by atoms with Crippen LogP contribution in [0.5, 0.6) is 0 Å². The maximum Gasteiger partial charge on any atom is 0.200 e. The van der Waals surface area contributed by atoms with E-state index < -0.39 is 0 Å². The Kier molecular flexibility index (Phi) is 3.88. The van der Waals surface area contributed by atoms with Crippen molar-refractivity contribution >= 4 is 11.5 Å². The first-order valence-corrected chi connectivity index (χ1v) is 8.44. The highest BCUT2D eigenvalue weighted by Gasteiger charge is 2.26. The van der Waals surface area contributed by atoms with Crippen molar-refractivity contribution in [3.05, 3.63) is 12.1 Å². The molecular formula is C15H23N7. The molecule has 7 heteroatoms. The molecule has 0 N–H and O–H groups in total. The van der Waals surface area contributed by atoms with Gasteiger partial charge < -0.3 is 4.90 Å². The lowest BCUT2D eigenvalue weighted by Gasteiger charge is -2.39. The molecule has 0 amide bonds. The third-order valence-corrected chi connectivity index (χ3v) is 4.93. The number of nitrogens with zero attached hydrogens (tertiary/aromatic N) is 7. The maximum absolute atomic E-state index is 4.54. The van der Waals surface area contributed by atoms with E-state index in [0.29, 0.717) is 11.7 Å². The number of piperidine rings is 1. The fourth-order valence-electron chi connectivity index (χ4n) is 3.73. The number of hydrogen-bond acceptors (Lipinski definition) is 6. The van der Waals surface area contributed by atoms with Crippen LogP contribution >= 0.6 is 0 Å². The molecule has 0 saturated carbocycles. The number of aromatic nitrogens is 5. The van der Waals surface area contributed by atoms with E-state index in [-0.39, 0.29) is 0 Å². The summed E-state index contributed by atoms with van der Waals surface area (Å²) >= 11 is 0. The lowest BCUT2D eigenvalue weighted by Crippen LogP contribution is -2.48. The summed E-state index contributed by atoms with van der Waals surface area (Å²) in [4.78, 5) is 5.09. The molecule has 4 heterocycles. The number of anilines is 1. The van der Waals surface area contributed by atoms with Crippen molar-refractivity contribution in [3.63, 3.8) is 0 Å². The minimum atomic E-state index is 0.665. The Morgan fingerprint density at radius 2 is 1.82 bits per heavy atom. The zero-order valence-electron chi connectivity index (χ0n) is 12.9. The molecule has 4 rings (SSSR count). The number of tetrazole rings is 1. The molecular weight excluding hydrogens is 278 g/mol. The van der Waals surface area contributed by atoms with Crippen molar-refractivity contribution in [2.75, 3.05) is 31.1 Å². The Balaban J connectivity index is 1.49. The molecule has 22 heavy (non-hydrogen) atoms. The standard InChI is InChI=1S/C15H23N7/c1-2-4-10-20(9-3-1)13-6-5-11-21(12-13)15-8-7-14-16-18-19-22(14)17-15/h7-8,13H,1-6,9-12H2. The summed E-state index contributed by atoms with van der Waals surface area (Å²) in [5.41, 5.74) is 0.699. The third kappa shape index (κ3) is 2.77. The van der Waals surface area contributed by atoms with Crippen LogP contribution in [0.2, 0.25) is 0 Å². The van der Waals surface area contributed by atoms with Crippen molar-refractivity contribution in [2.24, 2.45) is 0 Å². The average Bonchev–Trinajstić information content (AvgIpc) is 2.86. The zero-order chi connectivity index (χ0) is 14.8. The number of fused-ring (bicyclic) bond motifs is 1. The molecule has 0 aromatic carbocycles. The van der Waals surface area contributed by atoms with Crippen LogP contribution in [0.1, 0.15) is 38.5 Å². The molecule has 1 atom stereocenters. The van der Waals surface area contributed by atoms with E-state index in [2.05, 4.69) is 30.4 Å². The smallest absolute Gasteiger partial charge is 0.200 e. The van der Waals surface area contributed by atoms with E-state index in [1.165, 1.54) is 56.2 Å². The predicted octanol–water partition coefficient (Wildman–Crippen LogP) is 1.36. The van der Waals surface area contributed by atoms with Gasteiger partial charge in [-0.05, 0) is 61.3 Å². The highest BCUT2D eigenvalue weighted by atomic mass is 15.6. The SMILES string of the molecule is c1cc2nnnn2nc1N1CCCC(N2CCCCCC2)C1. The molecule has 2 saturated heterocycles. The van der Waals surface area contributed by atoms with Gasteiger partial charge in [-0.2, -0.15) is 0 Å². The van der Waals surface area contributed by atoms with E-state index in [1.807, 2.05) is 12.1 Å². The van der Waals surface area contributed by atoms with Crippen LogP contribution in [0.4, 0.5) is 5.82 Å². The molecule has 2 aliphatic rings. The normalized spacial score (nSPS) is 24.5. The number of rotatable bonds is 2. The summed E-state index contributed by atoms with van der Waals surface area (Å²) in [6.07, 6.45) is 8.03. The summed E-state index contributed by atoms with van der Waals surface area (Å²) in [5.74, 6) is 0.985. The summed E-state index contributed by atoms with van der Waals surface area (Å²) in [6, 6.07) is 4.65. The molecule has 0 spiro atoms. The van der Waals surface area contributed by atoms with E-state index in [1.54, 1.807) is 0 Å². The minimum Gasteiger partial charge on any atom is -0.354 e. The van der Waals surface area contributed by atoms with E-state index >= 15 is 0 Å². The quantitative estimate of drug-likeness (QED) is 0.835. The Bertz CT molecular complexity index is 617. The maximum atomic E-state index is 4.54. The lowest BCUT2D eigenvalue weighted by molar-refractivity contribution is 0.181. The van der Waals surface area contributed by atoms with Crippen LogP contribution in [0.3, 0.4) is 0 Å². The van der Waals surface area contributed by atoms with E-state index in [4.69, 9.17) is 0 Å². The highest BCUT2D eigenvalue weighted by molar-refractivity contribution is 5.44. The van der Waals surface area contributed by atoms with Crippen molar-refractivity contribution in [1.82, 2.24) is 30.2 Å². The molecule has 2 aromatic rings. The summed E-state index contributed by atoms with van der Waals surface area (Å²) < 4.78 is 1.52. The predicted molar refractivity (Wildman–Crippen MR) is 83.9 cm³/mol. The molecule has 7 nitrogen and oxygen atoms in total. The van der Waals surface area contributed by atoms with Crippen LogP contribution in [0.25, 0.3) is 5.65 Å². The van der Waals surface area contributed by atoms with Gasteiger partial charge in [-0.15, -0.1) is 14.8 Å². The second kappa shape index (κ2) is 6.16. The minimum absolute atomic E-state index is 0.665. The van der Waals surface area contributed by atoms with Crippen LogP contribution in [0.15, 0.2) is 12.1 Å². The Morgan fingerprint density at radius 1 is 0.955 bits per heavy atom. The second-order valence-corrected chi connectivity index (χ2v) is 6.41. The first-order valence-electron chi connectivity index (χ1n) is 8.44.